The summed E-state index contributed by atoms with van der Waals surface area (Å²) in [5, 5.41) is 12.4. The number of nitrogens with one attached hydrogen (secondary N) is 1. The summed E-state index contributed by atoms with van der Waals surface area (Å²) in [6.45, 7) is 3.24. The second-order valence-corrected chi connectivity index (χ2v) is 5.25. The van der Waals surface area contributed by atoms with Crippen molar-refractivity contribution < 1.29 is 9.90 Å². The van der Waals surface area contributed by atoms with Crippen LogP contribution >= 0.6 is 15.9 Å². The molecule has 0 aliphatic carbocycles. The van der Waals surface area contributed by atoms with E-state index in [1.165, 1.54) is 0 Å². The van der Waals surface area contributed by atoms with Crippen LogP contribution in [0.4, 0.5) is 0 Å². The Bertz CT molecular complexity index is 598. The van der Waals surface area contributed by atoms with Crippen LogP contribution in [-0.4, -0.2) is 20.6 Å². The second kappa shape index (κ2) is 6.67. The van der Waals surface area contributed by atoms with Gasteiger partial charge < -0.3 is 9.67 Å². The van der Waals surface area contributed by atoms with Gasteiger partial charge in [-0.3, -0.25) is 10.1 Å². The summed E-state index contributed by atoms with van der Waals surface area (Å²) >= 11 is 3.36. The highest BCUT2D eigenvalue weighted by atomic mass is 79.9. The Hall–Kier alpha value is -1.66. The van der Waals surface area contributed by atoms with Gasteiger partial charge in [0.25, 0.3) is 0 Å². The number of aryl methyl sites for hydroxylation is 1. The van der Waals surface area contributed by atoms with E-state index in [1.54, 1.807) is 18.3 Å². The number of rotatable bonds is 6. The third kappa shape index (κ3) is 3.46. The molecular weight excluding hydrogens is 322 g/mol. The summed E-state index contributed by atoms with van der Waals surface area (Å²) in [4.78, 5) is 15.6. The van der Waals surface area contributed by atoms with Gasteiger partial charge in [-0.1, -0.05) is 28.1 Å². The van der Waals surface area contributed by atoms with E-state index in [1.807, 2.05) is 29.8 Å². The minimum absolute atomic E-state index is 0.407. The molecule has 0 saturated heterocycles. The fourth-order valence-electron chi connectivity index (χ4n) is 2.02. The maximum absolute atomic E-state index is 11.4. The van der Waals surface area contributed by atoms with Crippen LogP contribution in [0.25, 0.3) is 0 Å². The quantitative estimate of drug-likeness (QED) is 0.850. The molecule has 1 aromatic carbocycles. The number of halogens is 1. The Kier molecular flexibility index (Phi) is 4.92. The van der Waals surface area contributed by atoms with Crippen LogP contribution in [0.5, 0.6) is 0 Å². The van der Waals surface area contributed by atoms with Crippen LogP contribution in [0.1, 0.15) is 24.4 Å². The highest BCUT2D eigenvalue weighted by Crippen LogP contribution is 2.19. The number of carboxylic acids is 1. The van der Waals surface area contributed by atoms with Crippen LogP contribution in [0, 0.1) is 0 Å². The van der Waals surface area contributed by atoms with Gasteiger partial charge >= 0.3 is 5.97 Å². The number of hydrogen-bond acceptors (Lipinski definition) is 3. The topological polar surface area (TPSA) is 67.2 Å². The van der Waals surface area contributed by atoms with Gasteiger partial charge in [-0.2, -0.15) is 0 Å². The minimum Gasteiger partial charge on any atom is -0.480 e. The number of aromatic nitrogens is 2. The molecule has 20 heavy (non-hydrogen) atoms. The summed E-state index contributed by atoms with van der Waals surface area (Å²) in [6, 6.07) is 6.53. The largest absolute Gasteiger partial charge is 0.480 e. The molecule has 0 spiro atoms. The predicted octanol–water partition coefficient (Wildman–Crippen LogP) is 2.58. The SMILES string of the molecule is CCn1ccnc1CNC(C(=O)O)c1cccc(Br)c1. The van der Waals surface area contributed by atoms with E-state index in [2.05, 4.69) is 26.2 Å². The van der Waals surface area contributed by atoms with Crippen molar-refractivity contribution in [3.63, 3.8) is 0 Å². The Labute approximate surface area is 125 Å². The third-order valence-corrected chi connectivity index (χ3v) is 3.53. The van der Waals surface area contributed by atoms with Gasteiger partial charge in [-0.15, -0.1) is 0 Å². The molecule has 6 heteroatoms. The average Bonchev–Trinajstić information content (AvgIpc) is 2.86. The van der Waals surface area contributed by atoms with Crippen LogP contribution in [0.2, 0.25) is 0 Å². The molecule has 0 radical (unpaired) electrons. The third-order valence-electron chi connectivity index (χ3n) is 3.04. The molecule has 1 unspecified atom stereocenters. The van der Waals surface area contributed by atoms with E-state index in [0.29, 0.717) is 12.1 Å². The Morgan fingerprint density at radius 2 is 2.35 bits per heavy atom. The van der Waals surface area contributed by atoms with Crippen LogP contribution < -0.4 is 5.32 Å². The first-order valence-corrected chi connectivity index (χ1v) is 7.12. The molecule has 0 amide bonds. The first kappa shape index (κ1) is 14.7. The Balaban J connectivity index is 2.13. The number of carbonyl (C=O) groups is 1. The molecule has 0 aliphatic heterocycles. The molecule has 0 fully saturated rings. The van der Waals surface area contributed by atoms with Gasteiger partial charge in [-0.05, 0) is 24.6 Å². The van der Waals surface area contributed by atoms with E-state index < -0.39 is 12.0 Å². The number of aliphatic carboxylic acids is 1. The lowest BCUT2D eigenvalue weighted by Crippen LogP contribution is -2.29. The highest BCUT2D eigenvalue weighted by molar-refractivity contribution is 9.10. The van der Waals surface area contributed by atoms with Crippen LogP contribution in [0.15, 0.2) is 41.1 Å². The van der Waals surface area contributed by atoms with Crippen molar-refractivity contribution in [1.82, 2.24) is 14.9 Å². The molecule has 1 atom stereocenters. The lowest BCUT2D eigenvalue weighted by Gasteiger charge is -2.15. The zero-order valence-electron chi connectivity index (χ0n) is 11.1. The van der Waals surface area contributed by atoms with Crippen molar-refractivity contribution in [2.45, 2.75) is 26.1 Å². The first-order chi connectivity index (χ1) is 9.61. The molecule has 0 bridgehead atoms. The van der Waals surface area contributed by atoms with Gasteiger partial charge in [0.1, 0.15) is 11.9 Å². The molecule has 5 nitrogen and oxygen atoms in total. The fraction of sp³-hybridized carbons (Fsp3) is 0.286. The van der Waals surface area contributed by atoms with E-state index in [4.69, 9.17) is 0 Å². The van der Waals surface area contributed by atoms with Crippen LogP contribution in [0.3, 0.4) is 0 Å². The molecule has 1 aromatic heterocycles. The maximum atomic E-state index is 11.4. The summed E-state index contributed by atoms with van der Waals surface area (Å²) in [7, 11) is 0. The highest BCUT2D eigenvalue weighted by Gasteiger charge is 2.20. The van der Waals surface area contributed by atoms with Crippen molar-refractivity contribution in [2.75, 3.05) is 0 Å². The lowest BCUT2D eigenvalue weighted by atomic mass is 10.1. The monoisotopic (exact) mass is 337 g/mol. The Morgan fingerprint density at radius 1 is 1.55 bits per heavy atom. The standard InChI is InChI=1S/C14H16BrN3O2/c1-2-18-7-6-16-12(18)9-17-13(14(19)20)10-4-3-5-11(15)8-10/h3-8,13,17H,2,9H2,1H3,(H,19,20). The molecule has 106 valence electrons. The molecule has 1 heterocycles. The lowest BCUT2D eigenvalue weighted by molar-refractivity contribution is -0.139. The molecule has 2 aromatic rings. The minimum atomic E-state index is -0.905. The number of imidazole rings is 1. The van der Waals surface area contributed by atoms with Gasteiger partial charge in [0.2, 0.25) is 0 Å². The normalized spacial score (nSPS) is 12.3. The van der Waals surface area contributed by atoms with E-state index >= 15 is 0 Å². The zero-order chi connectivity index (χ0) is 14.5. The maximum Gasteiger partial charge on any atom is 0.325 e. The van der Waals surface area contributed by atoms with Gasteiger partial charge in [-0.25, -0.2) is 4.98 Å². The number of hydrogen-bond donors (Lipinski definition) is 2. The first-order valence-electron chi connectivity index (χ1n) is 6.33. The van der Waals surface area contributed by atoms with Crippen molar-refractivity contribution in [2.24, 2.45) is 0 Å². The van der Waals surface area contributed by atoms with Crippen molar-refractivity contribution >= 4 is 21.9 Å². The zero-order valence-corrected chi connectivity index (χ0v) is 12.7. The van der Waals surface area contributed by atoms with E-state index in [-0.39, 0.29) is 0 Å². The van der Waals surface area contributed by atoms with Crippen molar-refractivity contribution in [3.8, 4) is 0 Å². The summed E-state index contributed by atoms with van der Waals surface area (Å²) < 4.78 is 2.84. The summed E-state index contributed by atoms with van der Waals surface area (Å²) in [6.07, 6.45) is 3.60. The molecule has 2 N–H and O–H groups in total. The number of nitrogens with zero attached hydrogens (tertiary/aromatic N) is 2. The van der Waals surface area contributed by atoms with Crippen LogP contribution in [-0.2, 0) is 17.9 Å². The van der Waals surface area contributed by atoms with Gasteiger partial charge in [0.15, 0.2) is 0 Å². The average molecular weight is 338 g/mol. The van der Waals surface area contributed by atoms with Crippen molar-refractivity contribution in [3.05, 3.63) is 52.5 Å². The number of carboxylic acid groups (broad SMARTS) is 1. The summed E-state index contributed by atoms with van der Waals surface area (Å²) in [5.41, 5.74) is 0.710. The summed E-state index contributed by atoms with van der Waals surface area (Å²) in [5.74, 6) is -0.0774. The molecule has 0 saturated carbocycles. The van der Waals surface area contributed by atoms with Crippen molar-refractivity contribution in [1.29, 1.82) is 0 Å². The van der Waals surface area contributed by atoms with E-state index in [9.17, 15) is 9.90 Å². The van der Waals surface area contributed by atoms with Gasteiger partial charge in [0.05, 0.1) is 6.54 Å². The van der Waals surface area contributed by atoms with Gasteiger partial charge in [0, 0.05) is 23.4 Å². The smallest absolute Gasteiger partial charge is 0.325 e. The predicted molar refractivity (Wildman–Crippen MR) is 79.3 cm³/mol. The molecule has 0 aliphatic rings. The Morgan fingerprint density at radius 3 is 3.00 bits per heavy atom. The number of benzene rings is 1. The fourth-order valence-corrected chi connectivity index (χ4v) is 2.44. The van der Waals surface area contributed by atoms with E-state index in [0.717, 1.165) is 16.8 Å². The second-order valence-electron chi connectivity index (χ2n) is 4.34. The molecular formula is C14H16BrN3O2. The molecule has 2 rings (SSSR count).